The molecular formula is C13H12ClFOS. The number of para-hydroxylation sites is 1. The second-order valence-corrected chi connectivity index (χ2v) is 4.89. The van der Waals surface area contributed by atoms with Gasteiger partial charge in [0.05, 0.1) is 0 Å². The molecule has 0 radical (unpaired) electrons. The maximum Gasteiger partial charge on any atom is 0.165 e. The molecule has 2 aromatic rings. The summed E-state index contributed by atoms with van der Waals surface area (Å²) in [4.78, 5) is 1.06. The highest BCUT2D eigenvalue weighted by atomic mass is 35.5. The first-order valence-corrected chi connectivity index (χ1v) is 6.73. The molecule has 2 rings (SSSR count). The van der Waals surface area contributed by atoms with Crippen LogP contribution in [0, 0.1) is 5.82 Å². The molecular weight excluding hydrogens is 259 g/mol. The lowest BCUT2D eigenvalue weighted by Crippen LogP contribution is -2.07. The van der Waals surface area contributed by atoms with Gasteiger partial charge in [-0.3, -0.25) is 0 Å². The molecule has 0 bridgehead atoms. The van der Waals surface area contributed by atoms with Crippen molar-refractivity contribution < 1.29 is 9.13 Å². The van der Waals surface area contributed by atoms with E-state index in [0.29, 0.717) is 12.3 Å². The van der Waals surface area contributed by atoms with Crippen LogP contribution >= 0.6 is 22.9 Å². The van der Waals surface area contributed by atoms with E-state index in [-0.39, 0.29) is 17.7 Å². The highest BCUT2D eigenvalue weighted by Crippen LogP contribution is 2.29. The first-order chi connectivity index (χ1) is 8.31. The van der Waals surface area contributed by atoms with Crippen molar-refractivity contribution in [3.8, 4) is 5.75 Å². The summed E-state index contributed by atoms with van der Waals surface area (Å²) in [7, 11) is 0. The van der Waals surface area contributed by atoms with E-state index < -0.39 is 0 Å². The number of halogens is 2. The number of rotatable bonds is 5. The van der Waals surface area contributed by atoms with E-state index in [1.54, 1.807) is 29.5 Å². The minimum absolute atomic E-state index is 0.176. The fraction of sp³-hybridized carbons (Fsp3) is 0.231. The Labute approximate surface area is 109 Å². The van der Waals surface area contributed by atoms with E-state index in [1.807, 2.05) is 17.5 Å². The predicted octanol–water partition coefficient (Wildman–Crippen LogP) is 4.64. The van der Waals surface area contributed by atoms with Crippen LogP contribution in [-0.4, -0.2) is 5.88 Å². The SMILES string of the molecule is Fc1ccccc1OC(CCCl)c1cccs1. The normalized spacial score (nSPS) is 12.4. The summed E-state index contributed by atoms with van der Waals surface area (Å²) in [5, 5.41) is 1.97. The van der Waals surface area contributed by atoms with Crippen molar-refractivity contribution in [2.45, 2.75) is 12.5 Å². The Balaban J connectivity index is 2.16. The Bertz CT molecular complexity index is 458. The van der Waals surface area contributed by atoms with E-state index in [4.69, 9.17) is 16.3 Å². The molecule has 0 N–H and O–H groups in total. The van der Waals surface area contributed by atoms with Crippen molar-refractivity contribution in [1.82, 2.24) is 0 Å². The van der Waals surface area contributed by atoms with Gasteiger partial charge in [-0.25, -0.2) is 4.39 Å². The van der Waals surface area contributed by atoms with Gasteiger partial charge >= 0.3 is 0 Å². The van der Waals surface area contributed by atoms with Crippen LogP contribution in [0.2, 0.25) is 0 Å². The highest BCUT2D eigenvalue weighted by Gasteiger charge is 2.15. The average molecular weight is 271 g/mol. The molecule has 0 aliphatic rings. The van der Waals surface area contributed by atoms with Gasteiger partial charge in [0.25, 0.3) is 0 Å². The quantitative estimate of drug-likeness (QED) is 0.720. The molecule has 1 aromatic carbocycles. The summed E-state index contributed by atoms with van der Waals surface area (Å²) < 4.78 is 19.2. The number of ether oxygens (including phenoxy) is 1. The van der Waals surface area contributed by atoms with Gasteiger partial charge in [-0.2, -0.15) is 0 Å². The lowest BCUT2D eigenvalue weighted by atomic mass is 10.2. The van der Waals surface area contributed by atoms with Gasteiger partial charge in [0.2, 0.25) is 0 Å². The first kappa shape index (κ1) is 12.4. The zero-order valence-corrected chi connectivity index (χ0v) is 10.7. The Kier molecular flexibility index (Phi) is 4.40. The van der Waals surface area contributed by atoms with Gasteiger partial charge in [0.1, 0.15) is 6.10 Å². The molecule has 0 aliphatic heterocycles. The Hall–Kier alpha value is -1.06. The molecule has 0 saturated carbocycles. The van der Waals surface area contributed by atoms with Crippen LogP contribution in [0.15, 0.2) is 41.8 Å². The molecule has 1 heterocycles. The summed E-state index contributed by atoms with van der Waals surface area (Å²) in [6.07, 6.45) is 0.487. The summed E-state index contributed by atoms with van der Waals surface area (Å²) in [6, 6.07) is 10.3. The fourth-order valence-corrected chi connectivity index (χ4v) is 2.51. The summed E-state index contributed by atoms with van der Waals surface area (Å²) in [6.45, 7) is 0. The third-order valence-corrected chi connectivity index (χ3v) is 3.52. The van der Waals surface area contributed by atoms with Crippen molar-refractivity contribution in [1.29, 1.82) is 0 Å². The largest absolute Gasteiger partial charge is 0.482 e. The number of hydrogen-bond donors (Lipinski definition) is 0. The highest BCUT2D eigenvalue weighted by molar-refractivity contribution is 7.10. The standard InChI is InChI=1S/C13H12ClFOS/c14-8-7-12(13-6-3-9-17-13)16-11-5-2-1-4-10(11)15/h1-6,9,12H,7-8H2. The molecule has 17 heavy (non-hydrogen) atoms. The third kappa shape index (κ3) is 3.20. The monoisotopic (exact) mass is 270 g/mol. The van der Waals surface area contributed by atoms with Crippen LogP contribution < -0.4 is 4.74 Å². The van der Waals surface area contributed by atoms with Crippen molar-refractivity contribution in [2.75, 3.05) is 5.88 Å². The van der Waals surface area contributed by atoms with Crippen LogP contribution in [0.5, 0.6) is 5.75 Å². The topological polar surface area (TPSA) is 9.23 Å². The molecule has 0 amide bonds. The molecule has 1 aromatic heterocycles. The van der Waals surface area contributed by atoms with E-state index in [9.17, 15) is 4.39 Å². The van der Waals surface area contributed by atoms with Gasteiger partial charge in [0, 0.05) is 17.2 Å². The second kappa shape index (κ2) is 6.03. The molecule has 1 atom stereocenters. The molecule has 0 fully saturated rings. The van der Waals surface area contributed by atoms with Gasteiger partial charge in [-0.15, -0.1) is 22.9 Å². The minimum Gasteiger partial charge on any atom is -0.482 e. The maximum atomic E-state index is 13.5. The van der Waals surface area contributed by atoms with Crippen LogP contribution in [0.25, 0.3) is 0 Å². The summed E-state index contributed by atoms with van der Waals surface area (Å²) in [5.41, 5.74) is 0. The Morgan fingerprint density at radius 1 is 1.24 bits per heavy atom. The Morgan fingerprint density at radius 2 is 2.06 bits per heavy atom. The van der Waals surface area contributed by atoms with E-state index in [0.717, 1.165) is 4.88 Å². The van der Waals surface area contributed by atoms with Crippen LogP contribution in [0.1, 0.15) is 17.4 Å². The van der Waals surface area contributed by atoms with E-state index >= 15 is 0 Å². The predicted molar refractivity (Wildman–Crippen MR) is 69.4 cm³/mol. The number of benzene rings is 1. The molecule has 0 saturated heterocycles. The number of hydrogen-bond acceptors (Lipinski definition) is 2. The minimum atomic E-state index is -0.344. The number of alkyl halides is 1. The Morgan fingerprint density at radius 3 is 2.71 bits per heavy atom. The van der Waals surface area contributed by atoms with Crippen LogP contribution in [0.4, 0.5) is 4.39 Å². The van der Waals surface area contributed by atoms with Crippen molar-refractivity contribution in [3.05, 3.63) is 52.5 Å². The molecule has 1 nitrogen and oxygen atoms in total. The zero-order valence-electron chi connectivity index (χ0n) is 9.11. The smallest absolute Gasteiger partial charge is 0.165 e. The maximum absolute atomic E-state index is 13.5. The molecule has 4 heteroatoms. The zero-order chi connectivity index (χ0) is 12.1. The fourth-order valence-electron chi connectivity index (χ4n) is 1.53. The average Bonchev–Trinajstić information content (AvgIpc) is 2.85. The summed E-state index contributed by atoms with van der Waals surface area (Å²) >= 11 is 7.34. The van der Waals surface area contributed by atoms with Crippen LogP contribution in [-0.2, 0) is 0 Å². The first-order valence-electron chi connectivity index (χ1n) is 5.32. The lowest BCUT2D eigenvalue weighted by molar-refractivity contribution is 0.197. The van der Waals surface area contributed by atoms with Gasteiger partial charge in [-0.05, 0) is 23.6 Å². The third-order valence-electron chi connectivity index (χ3n) is 2.34. The van der Waals surface area contributed by atoms with Crippen molar-refractivity contribution >= 4 is 22.9 Å². The van der Waals surface area contributed by atoms with Crippen LogP contribution in [0.3, 0.4) is 0 Å². The summed E-state index contributed by atoms with van der Waals surface area (Å²) in [5.74, 6) is 0.413. The second-order valence-electron chi connectivity index (χ2n) is 3.53. The molecule has 90 valence electrons. The van der Waals surface area contributed by atoms with E-state index in [2.05, 4.69) is 0 Å². The molecule has 0 aliphatic carbocycles. The van der Waals surface area contributed by atoms with Gasteiger partial charge < -0.3 is 4.74 Å². The lowest BCUT2D eigenvalue weighted by Gasteiger charge is -2.17. The van der Waals surface area contributed by atoms with Gasteiger partial charge in [-0.1, -0.05) is 18.2 Å². The van der Waals surface area contributed by atoms with E-state index in [1.165, 1.54) is 6.07 Å². The van der Waals surface area contributed by atoms with Crippen molar-refractivity contribution in [2.24, 2.45) is 0 Å². The van der Waals surface area contributed by atoms with Crippen molar-refractivity contribution in [3.63, 3.8) is 0 Å². The number of thiophene rings is 1. The van der Waals surface area contributed by atoms with Gasteiger partial charge in [0.15, 0.2) is 11.6 Å². The molecule has 1 unspecified atom stereocenters. The molecule has 0 spiro atoms.